The van der Waals surface area contributed by atoms with Crippen LogP contribution in [0.3, 0.4) is 0 Å². The first-order valence-electron chi connectivity index (χ1n) is 7.28. The van der Waals surface area contributed by atoms with Gasteiger partial charge in [0, 0.05) is 30.5 Å². The van der Waals surface area contributed by atoms with Crippen molar-refractivity contribution in [3.8, 4) is 0 Å². The first-order chi connectivity index (χ1) is 10.7. The van der Waals surface area contributed by atoms with Crippen LogP contribution in [-0.2, 0) is 24.4 Å². The Bertz CT molecular complexity index is 628. The second-order valence-electron chi connectivity index (χ2n) is 5.04. The fourth-order valence-corrected chi connectivity index (χ4v) is 2.98. The van der Waals surface area contributed by atoms with Gasteiger partial charge in [-0.05, 0) is 30.2 Å². The number of rotatable bonds is 6. The third kappa shape index (κ3) is 6.88. The van der Waals surface area contributed by atoms with E-state index in [4.69, 9.17) is 4.74 Å². The van der Waals surface area contributed by atoms with E-state index in [1.54, 1.807) is 25.5 Å². The van der Waals surface area contributed by atoms with Gasteiger partial charge in [-0.2, -0.15) is 0 Å². The van der Waals surface area contributed by atoms with Gasteiger partial charge in [-0.3, -0.25) is 4.99 Å². The Morgan fingerprint density at radius 2 is 1.87 bits per heavy atom. The van der Waals surface area contributed by atoms with Crippen molar-refractivity contribution < 1.29 is 4.74 Å². The molecule has 0 saturated heterocycles. The van der Waals surface area contributed by atoms with Crippen molar-refractivity contribution in [2.45, 2.75) is 26.6 Å². The normalized spacial score (nSPS) is 11.0. The Balaban J connectivity index is 0.00000264. The largest absolute Gasteiger partial charge is 0.380 e. The third-order valence-corrected chi connectivity index (χ3v) is 4.21. The first-order valence-corrected chi connectivity index (χ1v) is 8.09. The van der Waals surface area contributed by atoms with Gasteiger partial charge in [0.2, 0.25) is 0 Å². The number of hydrogen-bond acceptors (Lipinski definition) is 3. The molecule has 1 aromatic heterocycles. The maximum atomic E-state index is 5.16. The highest BCUT2D eigenvalue weighted by atomic mass is 127. The van der Waals surface area contributed by atoms with Crippen molar-refractivity contribution in [1.29, 1.82) is 0 Å². The smallest absolute Gasteiger partial charge is 0.191 e. The van der Waals surface area contributed by atoms with Crippen LogP contribution in [0.4, 0.5) is 0 Å². The van der Waals surface area contributed by atoms with E-state index in [9.17, 15) is 0 Å². The van der Waals surface area contributed by atoms with E-state index >= 15 is 0 Å². The summed E-state index contributed by atoms with van der Waals surface area (Å²) in [6.07, 6.45) is 0. The maximum absolute atomic E-state index is 5.16. The van der Waals surface area contributed by atoms with Crippen molar-refractivity contribution in [3.05, 3.63) is 57.3 Å². The van der Waals surface area contributed by atoms with Crippen molar-refractivity contribution in [1.82, 2.24) is 10.6 Å². The maximum Gasteiger partial charge on any atom is 0.191 e. The lowest BCUT2D eigenvalue weighted by atomic mass is 10.1. The summed E-state index contributed by atoms with van der Waals surface area (Å²) in [4.78, 5) is 6.89. The Morgan fingerprint density at radius 3 is 2.52 bits per heavy atom. The molecule has 0 atom stereocenters. The van der Waals surface area contributed by atoms with Gasteiger partial charge < -0.3 is 15.4 Å². The second-order valence-corrected chi connectivity index (χ2v) is 6.42. The molecular formula is C17H24IN3OS. The van der Waals surface area contributed by atoms with E-state index in [0.29, 0.717) is 6.61 Å². The number of aryl methyl sites for hydroxylation is 1. The average molecular weight is 445 g/mol. The van der Waals surface area contributed by atoms with E-state index in [1.165, 1.54) is 20.9 Å². The van der Waals surface area contributed by atoms with Gasteiger partial charge in [0.25, 0.3) is 0 Å². The molecule has 0 aliphatic rings. The zero-order chi connectivity index (χ0) is 15.8. The second kappa shape index (κ2) is 10.6. The fraction of sp³-hybridized carbons (Fsp3) is 0.353. The van der Waals surface area contributed by atoms with Crippen LogP contribution in [0, 0.1) is 6.92 Å². The molecular weight excluding hydrogens is 421 g/mol. The zero-order valence-electron chi connectivity index (χ0n) is 13.8. The molecule has 23 heavy (non-hydrogen) atoms. The molecule has 0 aliphatic carbocycles. The highest BCUT2D eigenvalue weighted by Gasteiger charge is 2.01. The molecule has 2 N–H and O–H groups in total. The lowest BCUT2D eigenvalue weighted by Gasteiger charge is -2.12. The Morgan fingerprint density at radius 1 is 1.13 bits per heavy atom. The van der Waals surface area contributed by atoms with Crippen molar-refractivity contribution in [2.75, 3.05) is 14.2 Å². The number of nitrogens with one attached hydrogen (secondary N) is 2. The fourth-order valence-electron chi connectivity index (χ4n) is 2.15. The summed E-state index contributed by atoms with van der Waals surface area (Å²) in [5.74, 6) is 0.809. The number of methoxy groups -OCH3 is 1. The van der Waals surface area contributed by atoms with E-state index < -0.39 is 0 Å². The molecule has 0 spiro atoms. The molecule has 0 unspecified atom stereocenters. The highest BCUT2D eigenvalue weighted by Crippen LogP contribution is 2.14. The number of hydrogen-bond donors (Lipinski definition) is 2. The van der Waals surface area contributed by atoms with Gasteiger partial charge in [0.05, 0.1) is 13.2 Å². The quantitative estimate of drug-likeness (QED) is 0.405. The van der Waals surface area contributed by atoms with Crippen molar-refractivity contribution in [3.63, 3.8) is 0 Å². The zero-order valence-corrected chi connectivity index (χ0v) is 16.9. The molecule has 126 valence electrons. The molecule has 1 aromatic carbocycles. The number of nitrogens with zero attached hydrogens (tertiary/aromatic N) is 1. The first kappa shape index (κ1) is 19.9. The number of halogens is 1. The van der Waals surface area contributed by atoms with Crippen LogP contribution in [0.15, 0.2) is 41.4 Å². The van der Waals surface area contributed by atoms with Crippen LogP contribution < -0.4 is 10.6 Å². The molecule has 6 heteroatoms. The summed E-state index contributed by atoms with van der Waals surface area (Å²) in [7, 11) is 3.50. The predicted octanol–water partition coefficient (Wildman–Crippen LogP) is 3.69. The Hall–Kier alpha value is -1.12. The third-order valence-electron chi connectivity index (χ3n) is 3.21. The molecule has 0 saturated carbocycles. The van der Waals surface area contributed by atoms with Crippen LogP contribution in [0.5, 0.6) is 0 Å². The minimum Gasteiger partial charge on any atom is -0.380 e. The van der Waals surface area contributed by atoms with Crippen LogP contribution >= 0.6 is 35.3 Å². The number of benzene rings is 1. The minimum atomic E-state index is 0. The SMILES string of the molecule is CN=C(NCc1cccc(COC)c1)NCc1ccc(C)s1.I. The van der Waals surface area contributed by atoms with Gasteiger partial charge in [0.1, 0.15) is 0 Å². The van der Waals surface area contributed by atoms with Crippen molar-refractivity contribution in [2.24, 2.45) is 4.99 Å². The summed E-state index contributed by atoms with van der Waals surface area (Å²) >= 11 is 1.80. The van der Waals surface area contributed by atoms with Crippen molar-refractivity contribution >= 4 is 41.3 Å². The minimum absolute atomic E-state index is 0. The highest BCUT2D eigenvalue weighted by molar-refractivity contribution is 14.0. The molecule has 0 aliphatic heterocycles. The molecule has 1 heterocycles. The summed E-state index contributed by atoms with van der Waals surface area (Å²) in [6, 6.07) is 12.7. The van der Waals surface area contributed by atoms with Crippen LogP contribution in [0.2, 0.25) is 0 Å². The molecule has 2 aromatic rings. The van der Waals surface area contributed by atoms with Gasteiger partial charge in [-0.1, -0.05) is 24.3 Å². The number of ether oxygens (including phenoxy) is 1. The monoisotopic (exact) mass is 445 g/mol. The number of guanidine groups is 1. The number of aliphatic imine (C=N–C) groups is 1. The molecule has 4 nitrogen and oxygen atoms in total. The molecule has 2 rings (SSSR count). The average Bonchev–Trinajstić information content (AvgIpc) is 2.94. The summed E-state index contributed by atoms with van der Waals surface area (Å²) in [5.41, 5.74) is 2.39. The lowest BCUT2D eigenvalue weighted by molar-refractivity contribution is 0.185. The topological polar surface area (TPSA) is 45.7 Å². The summed E-state index contributed by atoms with van der Waals surface area (Å²) < 4.78 is 5.16. The summed E-state index contributed by atoms with van der Waals surface area (Å²) in [6.45, 7) is 4.29. The van der Waals surface area contributed by atoms with Crippen LogP contribution in [0.1, 0.15) is 20.9 Å². The van der Waals surface area contributed by atoms with E-state index in [1.807, 2.05) is 0 Å². The molecule has 0 bridgehead atoms. The van der Waals surface area contributed by atoms with Gasteiger partial charge >= 0.3 is 0 Å². The van der Waals surface area contributed by atoms with E-state index in [2.05, 4.69) is 58.9 Å². The predicted molar refractivity (Wildman–Crippen MR) is 109 cm³/mol. The Kier molecular flexibility index (Phi) is 9.20. The summed E-state index contributed by atoms with van der Waals surface area (Å²) in [5, 5.41) is 6.67. The lowest BCUT2D eigenvalue weighted by Crippen LogP contribution is -2.36. The standard InChI is InChI=1S/C17H23N3OS.HI/c1-13-7-8-16(22-13)11-20-17(18-2)19-10-14-5-4-6-15(9-14)12-21-3;/h4-9H,10-12H2,1-3H3,(H2,18,19,20);1H. The van der Waals surface area contributed by atoms with Crippen LogP contribution in [0.25, 0.3) is 0 Å². The van der Waals surface area contributed by atoms with E-state index in [0.717, 1.165) is 19.0 Å². The molecule has 0 radical (unpaired) electrons. The van der Waals surface area contributed by atoms with Gasteiger partial charge in [-0.25, -0.2) is 0 Å². The van der Waals surface area contributed by atoms with Gasteiger partial charge in [0.15, 0.2) is 5.96 Å². The van der Waals surface area contributed by atoms with Crippen LogP contribution in [-0.4, -0.2) is 20.1 Å². The molecule has 0 amide bonds. The Labute approximate surface area is 159 Å². The van der Waals surface area contributed by atoms with E-state index in [-0.39, 0.29) is 24.0 Å². The molecule has 0 fully saturated rings. The van der Waals surface area contributed by atoms with Gasteiger partial charge in [-0.15, -0.1) is 35.3 Å². The number of thiophene rings is 1.